The van der Waals surface area contributed by atoms with Gasteiger partial charge in [0.05, 0.1) is 6.04 Å². The molecule has 0 saturated heterocycles. The van der Waals surface area contributed by atoms with Gasteiger partial charge < -0.3 is 0 Å². The molecule has 2 aromatic carbocycles. The number of hydrazine groups is 1. The van der Waals surface area contributed by atoms with Crippen LogP contribution in [0.25, 0.3) is 0 Å². The van der Waals surface area contributed by atoms with Crippen molar-refractivity contribution in [2.45, 2.75) is 19.4 Å². The van der Waals surface area contributed by atoms with Gasteiger partial charge in [-0.3, -0.25) is 5.84 Å². The molecule has 18 heavy (non-hydrogen) atoms. The predicted molar refractivity (Wildman–Crippen MR) is 79.1 cm³/mol. The lowest BCUT2D eigenvalue weighted by molar-refractivity contribution is 0.634. The number of aryl methyl sites for hydroxylation is 1. The van der Waals surface area contributed by atoms with Crippen LogP contribution in [0.3, 0.4) is 0 Å². The van der Waals surface area contributed by atoms with Crippen LogP contribution in [0, 0.1) is 0 Å². The van der Waals surface area contributed by atoms with E-state index in [2.05, 4.69) is 58.6 Å². The Labute approximate surface area is 116 Å². The summed E-state index contributed by atoms with van der Waals surface area (Å²) in [6.07, 6.45) is 1.03. The standard InChI is InChI=1S/C15H17BrN2/c1-2-11-6-5-7-12(10-11)15(18-17)13-8-3-4-9-14(13)16/h3-10,15,18H,2,17H2,1H3. The highest BCUT2D eigenvalue weighted by molar-refractivity contribution is 9.10. The number of halogens is 1. The van der Waals surface area contributed by atoms with E-state index in [1.807, 2.05) is 18.2 Å². The third kappa shape index (κ3) is 2.80. The first kappa shape index (κ1) is 13.3. The van der Waals surface area contributed by atoms with E-state index in [9.17, 15) is 0 Å². The zero-order valence-corrected chi connectivity index (χ0v) is 11.9. The van der Waals surface area contributed by atoms with Crippen molar-refractivity contribution in [3.05, 3.63) is 69.7 Å². The Balaban J connectivity index is 2.42. The highest BCUT2D eigenvalue weighted by atomic mass is 79.9. The van der Waals surface area contributed by atoms with Gasteiger partial charge in [-0.1, -0.05) is 65.3 Å². The van der Waals surface area contributed by atoms with Crippen molar-refractivity contribution < 1.29 is 0 Å². The molecule has 0 aliphatic carbocycles. The van der Waals surface area contributed by atoms with Gasteiger partial charge in [-0.2, -0.15) is 0 Å². The van der Waals surface area contributed by atoms with Crippen LogP contribution in [0.4, 0.5) is 0 Å². The molecule has 3 N–H and O–H groups in total. The van der Waals surface area contributed by atoms with Crippen LogP contribution in [-0.2, 0) is 6.42 Å². The molecule has 0 radical (unpaired) electrons. The molecular weight excluding hydrogens is 288 g/mol. The molecule has 0 saturated carbocycles. The van der Waals surface area contributed by atoms with Crippen LogP contribution in [0.5, 0.6) is 0 Å². The second-order valence-corrected chi connectivity index (χ2v) is 5.07. The number of benzene rings is 2. The first-order chi connectivity index (χ1) is 8.76. The molecular formula is C15H17BrN2. The molecule has 2 rings (SSSR count). The molecule has 0 aromatic heterocycles. The molecule has 2 nitrogen and oxygen atoms in total. The second kappa shape index (κ2) is 6.14. The Hall–Kier alpha value is -1.16. The van der Waals surface area contributed by atoms with Crippen molar-refractivity contribution >= 4 is 15.9 Å². The van der Waals surface area contributed by atoms with E-state index >= 15 is 0 Å². The van der Waals surface area contributed by atoms with Crippen LogP contribution in [0.1, 0.15) is 29.7 Å². The molecule has 0 aliphatic heterocycles. The molecule has 0 fully saturated rings. The molecule has 94 valence electrons. The number of hydrogen-bond acceptors (Lipinski definition) is 2. The van der Waals surface area contributed by atoms with E-state index in [0.717, 1.165) is 16.5 Å². The molecule has 1 unspecified atom stereocenters. The van der Waals surface area contributed by atoms with Gasteiger partial charge in [0.1, 0.15) is 0 Å². The molecule has 0 amide bonds. The Kier molecular flexibility index (Phi) is 4.53. The lowest BCUT2D eigenvalue weighted by Gasteiger charge is -2.19. The van der Waals surface area contributed by atoms with Gasteiger partial charge >= 0.3 is 0 Å². The zero-order valence-electron chi connectivity index (χ0n) is 10.4. The number of nitrogens with one attached hydrogen (secondary N) is 1. The van der Waals surface area contributed by atoms with Crippen molar-refractivity contribution in [1.82, 2.24) is 5.43 Å². The lowest BCUT2D eigenvalue weighted by Crippen LogP contribution is -2.29. The molecule has 0 aliphatic rings. The van der Waals surface area contributed by atoms with Gasteiger partial charge in [0.2, 0.25) is 0 Å². The minimum absolute atomic E-state index is 0.00655. The third-order valence-corrected chi connectivity index (χ3v) is 3.80. The van der Waals surface area contributed by atoms with Crippen molar-refractivity contribution in [2.24, 2.45) is 5.84 Å². The topological polar surface area (TPSA) is 38.0 Å². The summed E-state index contributed by atoms with van der Waals surface area (Å²) in [5, 5.41) is 0. The first-order valence-electron chi connectivity index (χ1n) is 6.05. The molecule has 2 aromatic rings. The van der Waals surface area contributed by atoms with Crippen LogP contribution in [0.15, 0.2) is 53.0 Å². The fourth-order valence-electron chi connectivity index (χ4n) is 2.07. The Morgan fingerprint density at radius 2 is 1.94 bits per heavy atom. The third-order valence-electron chi connectivity index (χ3n) is 3.08. The largest absolute Gasteiger partial charge is 0.271 e. The van der Waals surface area contributed by atoms with E-state index in [4.69, 9.17) is 5.84 Å². The van der Waals surface area contributed by atoms with E-state index in [1.54, 1.807) is 0 Å². The van der Waals surface area contributed by atoms with E-state index in [1.165, 1.54) is 11.1 Å². The number of hydrogen-bond donors (Lipinski definition) is 2. The monoisotopic (exact) mass is 304 g/mol. The van der Waals surface area contributed by atoms with Crippen molar-refractivity contribution in [2.75, 3.05) is 0 Å². The normalized spacial score (nSPS) is 12.4. The van der Waals surface area contributed by atoms with Crippen LogP contribution in [0.2, 0.25) is 0 Å². The van der Waals surface area contributed by atoms with E-state index < -0.39 is 0 Å². The molecule has 0 spiro atoms. The van der Waals surface area contributed by atoms with Crippen LogP contribution in [-0.4, -0.2) is 0 Å². The fourth-order valence-corrected chi connectivity index (χ4v) is 2.58. The predicted octanol–water partition coefficient (Wildman–Crippen LogP) is 3.56. The maximum Gasteiger partial charge on any atom is 0.0721 e. The molecule has 1 atom stereocenters. The maximum absolute atomic E-state index is 5.73. The Morgan fingerprint density at radius 1 is 1.17 bits per heavy atom. The minimum atomic E-state index is 0.00655. The van der Waals surface area contributed by atoms with Gasteiger partial charge in [0.25, 0.3) is 0 Å². The fraction of sp³-hybridized carbons (Fsp3) is 0.200. The summed E-state index contributed by atoms with van der Waals surface area (Å²) >= 11 is 3.58. The zero-order chi connectivity index (χ0) is 13.0. The molecule has 0 heterocycles. The summed E-state index contributed by atoms with van der Waals surface area (Å²) in [6, 6.07) is 16.7. The van der Waals surface area contributed by atoms with Crippen molar-refractivity contribution in [3.8, 4) is 0 Å². The SMILES string of the molecule is CCc1cccc(C(NN)c2ccccc2Br)c1. The summed E-state index contributed by atoms with van der Waals surface area (Å²) in [5.41, 5.74) is 6.55. The molecule has 0 bridgehead atoms. The average Bonchev–Trinajstić information content (AvgIpc) is 2.42. The second-order valence-electron chi connectivity index (χ2n) is 4.22. The van der Waals surface area contributed by atoms with E-state index in [-0.39, 0.29) is 6.04 Å². The van der Waals surface area contributed by atoms with Gasteiger partial charge in [0, 0.05) is 4.47 Å². The number of rotatable bonds is 4. The first-order valence-corrected chi connectivity index (χ1v) is 6.85. The Bertz CT molecular complexity index is 525. The maximum atomic E-state index is 5.73. The average molecular weight is 305 g/mol. The number of nitrogens with two attached hydrogens (primary N) is 1. The highest BCUT2D eigenvalue weighted by Gasteiger charge is 2.14. The van der Waals surface area contributed by atoms with Gasteiger partial charge in [-0.15, -0.1) is 0 Å². The summed E-state index contributed by atoms with van der Waals surface area (Å²) in [6.45, 7) is 2.16. The molecule has 3 heteroatoms. The van der Waals surface area contributed by atoms with Crippen LogP contribution >= 0.6 is 15.9 Å². The van der Waals surface area contributed by atoms with Crippen molar-refractivity contribution in [3.63, 3.8) is 0 Å². The lowest BCUT2D eigenvalue weighted by atomic mass is 9.97. The minimum Gasteiger partial charge on any atom is -0.271 e. The van der Waals surface area contributed by atoms with Gasteiger partial charge in [-0.05, 0) is 29.2 Å². The smallest absolute Gasteiger partial charge is 0.0721 e. The van der Waals surface area contributed by atoms with Crippen LogP contribution < -0.4 is 11.3 Å². The Morgan fingerprint density at radius 3 is 2.61 bits per heavy atom. The van der Waals surface area contributed by atoms with Gasteiger partial charge in [-0.25, -0.2) is 5.43 Å². The summed E-state index contributed by atoms with van der Waals surface area (Å²) in [7, 11) is 0. The summed E-state index contributed by atoms with van der Waals surface area (Å²) in [4.78, 5) is 0. The van der Waals surface area contributed by atoms with E-state index in [0.29, 0.717) is 0 Å². The van der Waals surface area contributed by atoms with Gasteiger partial charge in [0.15, 0.2) is 0 Å². The summed E-state index contributed by atoms with van der Waals surface area (Å²) < 4.78 is 1.06. The quantitative estimate of drug-likeness (QED) is 0.669. The highest BCUT2D eigenvalue weighted by Crippen LogP contribution is 2.28. The summed E-state index contributed by atoms with van der Waals surface area (Å²) in [5.74, 6) is 5.73. The van der Waals surface area contributed by atoms with Crippen molar-refractivity contribution in [1.29, 1.82) is 0 Å².